The Labute approximate surface area is 151 Å². The second-order valence-corrected chi connectivity index (χ2v) is 6.34. The molecule has 1 N–H and O–H groups in total. The van der Waals surface area contributed by atoms with Crippen LogP contribution in [0.4, 0.5) is 4.39 Å². The second-order valence-electron chi connectivity index (χ2n) is 5.90. The Balaban J connectivity index is 1.86. The first kappa shape index (κ1) is 18.9. The number of halogens is 2. The lowest BCUT2D eigenvalue weighted by Crippen LogP contribution is -2.34. The first-order chi connectivity index (χ1) is 12.0. The van der Waals surface area contributed by atoms with E-state index < -0.39 is 0 Å². The molecule has 132 valence electrons. The van der Waals surface area contributed by atoms with Crippen molar-refractivity contribution in [2.45, 2.75) is 19.9 Å². The summed E-state index contributed by atoms with van der Waals surface area (Å²) in [5.74, 6) is -0.458. The fourth-order valence-electron chi connectivity index (χ4n) is 2.26. The average Bonchev–Trinajstić information content (AvgIpc) is 2.59. The molecule has 0 bridgehead atoms. The molecule has 2 aromatic carbocycles. The number of nitrogens with one attached hydrogen (secondary N) is 1. The standard InChI is InChI=1S/C19H20ClFN2O2/c1-13(2)19(15-5-9-17(21)10-6-15)23-18(24)12-25-22-11-14-3-7-16(20)8-4-14/h3-11,13,19H,12H2,1-2H3,(H,23,24)/b22-11+. The summed E-state index contributed by atoms with van der Waals surface area (Å²) in [5.41, 5.74) is 1.66. The monoisotopic (exact) mass is 362 g/mol. The van der Waals surface area contributed by atoms with E-state index in [-0.39, 0.29) is 30.3 Å². The van der Waals surface area contributed by atoms with Gasteiger partial charge in [0.1, 0.15) is 5.82 Å². The van der Waals surface area contributed by atoms with Gasteiger partial charge in [-0.1, -0.05) is 54.9 Å². The molecule has 1 amide bonds. The number of nitrogens with zero attached hydrogens (tertiary/aromatic N) is 1. The van der Waals surface area contributed by atoms with Crippen LogP contribution >= 0.6 is 11.6 Å². The van der Waals surface area contributed by atoms with Crippen molar-refractivity contribution in [1.29, 1.82) is 0 Å². The molecule has 0 aliphatic rings. The topological polar surface area (TPSA) is 50.7 Å². The van der Waals surface area contributed by atoms with Crippen LogP contribution in [0, 0.1) is 11.7 Å². The molecule has 0 heterocycles. The minimum atomic E-state index is -0.308. The maximum atomic E-state index is 13.1. The minimum absolute atomic E-state index is 0.145. The molecule has 4 nitrogen and oxygen atoms in total. The van der Waals surface area contributed by atoms with Crippen LogP contribution in [-0.4, -0.2) is 18.7 Å². The normalized spacial score (nSPS) is 12.4. The van der Waals surface area contributed by atoms with Crippen LogP contribution < -0.4 is 5.32 Å². The van der Waals surface area contributed by atoms with Gasteiger partial charge in [-0.3, -0.25) is 4.79 Å². The summed E-state index contributed by atoms with van der Waals surface area (Å²) >= 11 is 5.80. The Morgan fingerprint density at radius 2 is 1.84 bits per heavy atom. The molecule has 2 aromatic rings. The Hall–Kier alpha value is -2.40. The zero-order valence-corrected chi connectivity index (χ0v) is 14.8. The number of oxime groups is 1. The Morgan fingerprint density at radius 3 is 2.44 bits per heavy atom. The van der Waals surface area contributed by atoms with Gasteiger partial charge >= 0.3 is 0 Å². The van der Waals surface area contributed by atoms with E-state index in [1.165, 1.54) is 18.3 Å². The van der Waals surface area contributed by atoms with Gasteiger partial charge in [-0.15, -0.1) is 0 Å². The van der Waals surface area contributed by atoms with Crippen molar-refractivity contribution in [3.8, 4) is 0 Å². The Kier molecular flexibility index (Phi) is 6.95. The van der Waals surface area contributed by atoms with Crippen LogP contribution in [0.3, 0.4) is 0 Å². The van der Waals surface area contributed by atoms with Gasteiger partial charge < -0.3 is 10.2 Å². The van der Waals surface area contributed by atoms with Crippen LogP contribution in [0.25, 0.3) is 0 Å². The molecule has 0 saturated carbocycles. The number of benzene rings is 2. The lowest BCUT2D eigenvalue weighted by Gasteiger charge is -2.22. The van der Waals surface area contributed by atoms with Crippen molar-refractivity contribution in [2.75, 3.05) is 6.61 Å². The van der Waals surface area contributed by atoms with E-state index in [1.807, 2.05) is 13.8 Å². The zero-order valence-electron chi connectivity index (χ0n) is 14.1. The summed E-state index contributed by atoms with van der Waals surface area (Å²) in [6, 6.07) is 12.9. The fourth-order valence-corrected chi connectivity index (χ4v) is 2.39. The smallest absolute Gasteiger partial charge is 0.261 e. The van der Waals surface area contributed by atoms with Gasteiger partial charge in [-0.05, 0) is 41.3 Å². The van der Waals surface area contributed by atoms with Crippen LogP contribution in [-0.2, 0) is 9.63 Å². The molecule has 0 aliphatic carbocycles. The van der Waals surface area contributed by atoms with Crippen molar-refractivity contribution in [3.05, 3.63) is 70.5 Å². The number of hydrogen-bond donors (Lipinski definition) is 1. The average molecular weight is 363 g/mol. The predicted molar refractivity (Wildman–Crippen MR) is 97.1 cm³/mol. The van der Waals surface area contributed by atoms with Gasteiger partial charge in [-0.25, -0.2) is 4.39 Å². The van der Waals surface area contributed by atoms with Crippen LogP contribution in [0.2, 0.25) is 5.02 Å². The molecule has 6 heteroatoms. The third-order valence-electron chi connectivity index (χ3n) is 3.55. The number of amides is 1. The summed E-state index contributed by atoms with van der Waals surface area (Å²) in [4.78, 5) is 17.1. The summed E-state index contributed by atoms with van der Waals surface area (Å²) < 4.78 is 13.1. The highest BCUT2D eigenvalue weighted by molar-refractivity contribution is 6.30. The van der Waals surface area contributed by atoms with Gasteiger partial charge in [0, 0.05) is 5.02 Å². The lowest BCUT2D eigenvalue weighted by atomic mass is 9.96. The Morgan fingerprint density at radius 1 is 1.20 bits per heavy atom. The maximum Gasteiger partial charge on any atom is 0.261 e. The van der Waals surface area contributed by atoms with Crippen molar-refractivity contribution >= 4 is 23.7 Å². The fraction of sp³-hybridized carbons (Fsp3) is 0.263. The molecule has 0 radical (unpaired) electrons. The lowest BCUT2D eigenvalue weighted by molar-refractivity contribution is -0.126. The number of carbonyl (C=O) groups is 1. The first-order valence-electron chi connectivity index (χ1n) is 7.91. The van der Waals surface area contributed by atoms with Crippen LogP contribution in [0.5, 0.6) is 0 Å². The minimum Gasteiger partial charge on any atom is -0.386 e. The molecule has 1 atom stereocenters. The van der Waals surface area contributed by atoms with Crippen LogP contribution in [0.1, 0.15) is 31.0 Å². The summed E-state index contributed by atoms with van der Waals surface area (Å²) in [7, 11) is 0. The molecule has 0 spiro atoms. The number of hydrogen-bond acceptors (Lipinski definition) is 3. The second kappa shape index (κ2) is 9.18. The van der Waals surface area contributed by atoms with Gasteiger partial charge in [0.2, 0.25) is 0 Å². The molecule has 2 rings (SSSR count). The SMILES string of the molecule is CC(C)C(NC(=O)CO/N=C/c1ccc(Cl)cc1)c1ccc(F)cc1. The third-order valence-corrected chi connectivity index (χ3v) is 3.81. The summed E-state index contributed by atoms with van der Waals surface area (Å²) in [6.45, 7) is 3.76. The van der Waals surface area contributed by atoms with E-state index in [4.69, 9.17) is 16.4 Å². The third kappa shape index (κ3) is 6.19. The first-order valence-corrected chi connectivity index (χ1v) is 8.29. The van der Waals surface area contributed by atoms with E-state index >= 15 is 0 Å². The largest absolute Gasteiger partial charge is 0.386 e. The summed E-state index contributed by atoms with van der Waals surface area (Å²) in [6.07, 6.45) is 1.50. The highest BCUT2D eigenvalue weighted by Crippen LogP contribution is 2.21. The van der Waals surface area contributed by atoms with Gasteiger partial charge in [0.05, 0.1) is 12.3 Å². The maximum absolute atomic E-state index is 13.1. The number of carbonyl (C=O) groups excluding carboxylic acids is 1. The number of rotatable bonds is 7. The van der Waals surface area contributed by atoms with E-state index in [0.717, 1.165) is 11.1 Å². The Bertz CT molecular complexity index is 715. The highest BCUT2D eigenvalue weighted by Gasteiger charge is 2.18. The van der Waals surface area contributed by atoms with Crippen molar-refractivity contribution in [2.24, 2.45) is 11.1 Å². The quantitative estimate of drug-likeness (QED) is 0.588. The van der Waals surface area contributed by atoms with E-state index in [1.54, 1.807) is 36.4 Å². The molecule has 0 fully saturated rings. The van der Waals surface area contributed by atoms with Crippen LogP contribution in [0.15, 0.2) is 53.7 Å². The van der Waals surface area contributed by atoms with Crippen molar-refractivity contribution in [1.82, 2.24) is 5.32 Å². The zero-order chi connectivity index (χ0) is 18.2. The summed E-state index contributed by atoms with van der Waals surface area (Å²) in [5, 5.41) is 7.29. The molecule has 25 heavy (non-hydrogen) atoms. The predicted octanol–water partition coefficient (Wildman–Crippen LogP) is 4.34. The molecule has 0 saturated heterocycles. The van der Waals surface area contributed by atoms with E-state index in [0.29, 0.717) is 5.02 Å². The van der Waals surface area contributed by atoms with Gasteiger partial charge in [-0.2, -0.15) is 0 Å². The van der Waals surface area contributed by atoms with Crippen molar-refractivity contribution < 1.29 is 14.0 Å². The van der Waals surface area contributed by atoms with Crippen molar-refractivity contribution in [3.63, 3.8) is 0 Å². The van der Waals surface area contributed by atoms with Gasteiger partial charge in [0.25, 0.3) is 5.91 Å². The van der Waals surface area contributed by atoms with Gasteiger partial charge in [0.15, 0.2) is 6.61 Å². The molecule has 0 aliphatic heterocycles. The molecule has 0 aromatic heterocycles. The van der Waals surface area contributed by atoms with E-state index in [2.05, 4.69) is 10.5 Å². The highest BCUT2D eigenvalue weighted by atomic mass is 35.5. The molecular formula is C19H20ClFN2O2. The van der Waals surface area contributed by atoms with E-state index in [9.17, 15) is 9.18 Å². The molecular weight excluding hydrogens is 343 g/mol. The molecule has 1 unspecified atom stereocenters.